The zero-order valence-corrected chi connectivity index (χ0v) is 11.1. The average Bonchev–Trinajstić information content (AvgIpc) is 2.34. The van der Waals surface area contributed by atoms with Crippen molar-refractivity contribution in [1.29, 1.82) is 0 Å². The highest BCUT2D eigenvalue weighted by Gasteiger charge is 2.17. The van der Waals surface area contributed by atoms with Gasteiger partial charge in [-0.15, -0.1) is 0 Å². The minimum atomic E-state index is -3.96. The number of sulfonamides is 1. The van der Waals surface area contributed by atoms with Gasteiger partial charge in [-0.05, 0) is 24.6 Å². The summed E-state index contributed by atoms with van der Waals surface area (Å²) in [5, 5.41) is 25.9. The second kappa shape index (κ2) is 6.00. The lowest BCUT2D eigenvalue weighted by Crippen LogP contribution is -2.24. The van der Waals surface area contributed by atoms with Crippen LogP contribution >= 0.6 is 0 Å². The largest absolute Gasteiger partial charge is 0.478 e. The number of rotatable bonds is 6. The van der Waals surface area contributed by atoms with Gasteiger partial charge < -0.3 is 15.5 Å². The maximum atomic E-state index is 11.2. The number of aliphatic hydroxyl groups is 1. The second-order valence-corrected chi connectivity index (χ2v) is 5.55. The van der Waals surface area contributed by atoms with Crippen molar-refractivity contribution in [3.63, 3.8) is 0 Å². The first-order valence-electron chi connectivity index (χ1n) is 5.57. The molecule has 8 heteroatoms. The summed E-state index contributed by atoms with van der Waals surface area (Å²) in [5.74, 6) is -1.28. The lowest BCUT2D eigenvalue weighted by Gasteiger charge is -2.17. The van der Waals surface area contributed by atoms with Gasteiger partial charge in [-0.1, -0.05) is 6.92 Å². The molecule has 7 nitrogen and oxygen atoms in total. The molecule has 0 heterocycles. The fourth-order valence-electron chi connectivity index (χ4n) is 1.50. The molecule has 0 saturated heterocycles. The number of aliphatic hydroxyl groups excluding tert-OH is 1. The van der Waals surface area contributed by atoms with E-state index in [2.05, 4.69) is 5.32 Å². The normalized spacial score (nSPS) is 13.0. The van der Waals surface area contributed by atoms with Crippen molar-refractivity contribution >= 4 is 21.7 Å². The van der Waals surface area contributed by atoms with Crippen LogP contribution in [0.5, 0.6) is 0 Å². The monoisotopic (exact) mass is 288 g/mol. The van der Waals surface area contributed by atoms with Crippen LogP contribution in [0.2, 0.25) is 0 Å². The first kappa shape index (κ1) is 15.4. The predicted molar refractivity (Wildman–Crippen MR) is 69.6 cm³/mol. The van der Waals surface area contributed by atoms with E-state index in [1.165, 1.54) is 12.1 Å². The van der Waals surface area contributed by atoms with E-state index in [0.717, 1.165) is 6.07 Å². The summed E-state index contributed by atoms with van der Waals surface area (Å²) < 4.78 is 22.4. The van der Waals surface area contributed by atoms with Crippen LogP contribution in [0.3, 0.4) is 0 Å². The molecule has 1 aromatic carbocycles. The van der Waals surface area contributed by atoms with Gasteiger partial charge in [-0.25, -0.2) is 18.4 Å². The van der Waals surface area contributed by atoms with E-state index in [4.69, 9.17) is 15.4 Å². The number of aromatic carboxylic acids is 1. The maximum absolute atomic E-state index is 11.2. The predicted octanol–water partition coefficient (Wildman–Crippen LogP) is 0.215. The Morgan fingerprint density at radius 1 is 1.47 bits per heavy atom. The van der Waals surface area contributed by atoms with Crippen LogP contribution in [-0.4, -0.2) is 37.2 Å². The molecule has 0 aliphatic heterocycles. The van der Waals surface area contributed by atoms with Crippen molar-refractivity contribution in [1.82, 2.24) is 0 Å². The van der Waals surface area contributed by atoms with Crippen LogP contribution in [0.15, 0.2) is 23.1 Å². The minimum absolute atomic E-state index is 0.160. The summed E-state index contributed by atoms with van der Waals surface area (Å²) >= 11 is 0. The summed E-state index contributed by atoms with van der Waals surface area (Å²) in [5.41, 5.74) is 0.0271. The Morgan fingerprint density at radius 3 is 2.53 bits per heavy atom. The number of primary sulfonamides is 1. The highest BCUT2D eigenvalue weighted by atomic mass is 32.2. The number of hydrogen-bond acceptors (Lipinski definition) is 5. The lowest BCUT2D eigenvalue weighted by molar-refractivity contribution is 0.0697. The van der Waals surface area contributed by atoms with E-state index in [1.54, 1.807) is 0 Å². The number of nitrogens with one attached hydrogen (secondary N) is 1. The average molecular weight is 288 g/mol. The topological polar surface area (TPSA) is 130 Å². The fraction of sp³-hybridized carbons (Fsp3) is 0.364. The van der Waals surface area contributed by atoms with Gasteiger partial charge in [0.15, 0.2) is 0 Å². The molecule has 0 aromatic heterocycles. The first-order valence-corrected chi connectivity index (χ1v) is 7.11. The quantitative estimate of drug-likeness (QED) is 0.592. The molecule has 0 aliphatic rings. The molecule has 1 aromatic rings. The number of nitrogens with two attached hydrogens (primary N) is 1. The lowest BCUT2D eigenvalue weighted by atomic mass is 10.1. The van der Waals surface area contributed by atoms with Gasteiger partial charge in [0.2, 0.25) is 10.0 Å². The minimum Gasteiger partial charge on any atom is -0.478 e. The SMILES string of the molecule is CCC(CO)Nc1ccc(S(N)(=O)=O)cc1C(=O)O. The van der Waals surface area contributed by atoms with E-state index in [1.807, 2.05) is 6.92 Å². The van der Waals surface area contributed by atoms with Crippen molar-refractivity contribution in [2.45, 2.75) is 24.3 Å². The molecule has 1 rings (SSSR count). The number of carboxylic acid groups (broad SMARTS) is 1. The molecule has 0 bridgehead atoms. The van der Waals surface area contributed by atoms with Crippen LogP contribution in [-0.2, 0) is 10.0 Å². The number of carbonyl (C=O) groups is 1. The van der Waals surface area contributed by atoms with Crippen molar-refractivity contribution in [2.24, 2.45) is 5.14 Å². The first-order chi connectivity index (χ1) is 8.79. The highest BCUT2D eigenvalue weighted by Crippen LogP contribution is 2.21. The van der Waals surface area contributed by atoms with Crippen molar-refractivity contribution in [3.05, 3.63) is 23.8 Å². The molecule has 5 N–H and O–H groups in total. The Balaban J connectivity index is 3.23. The molecule has 0 saturated carbocycles. The number of carboxylic acids is 1. The molecular formula is C11H16N2O5S. The number of benzene rings is 1. The molecule has 1 unspecified atom stereocenters. The van der Waals surface area contributed by atoms with Gasteiger partial charge in [-0.2, -0.15) is 0 Å². The van der Waals surface area contributed by atoms with E-state index in [0.29, 0.717) is 6.42 Å². The standard InChI is InChI=1S/C11H16N2O5S/c1-2-7(6-14)13-10-4-3-8(19(12,17)18)5-9(10)11(15)16/h3-5,7,13-14H,2,6H2,1H3,(H,15,16)(H2,12,17,18). The van der Waals surface area contributed by atoms with Gasteiger partial charge in [-0.3, -0.25) is 0 Å². The molecule has 0 fully saturated rings. The third kappa shape index (κ3) is 3.91. The second-order valence-electron chi connectivity index (χ2n) is 3.99. The van der Waals surface area contributed by atoms with E-state index < -0.39 is 16.0 Å². The van der Waals surface area contributed by atoms with E-state index in [-0.39, 0.29) is 28.8 Å². The van der Waals surface area contributed by atoms with Gasteiger partial charge >= 0.3 is 5.97 Å². The molecule has 0 radical (unpaired) electrons. The maximum Gasteiger partial charge on any atom is 0.337 e. The molecule has 0 spiro atoms. The highest BCUT2D eigenvalue weighted by molar-refractivity contribution is 7.89. The Labute approximate surface area is 111 Å². The number of hydrogen-bond donors (Lipinski definition) is 4. The summed E-state index contributed by atoms with van der Waals surface area (Å²) in [6.07, 6.45) is 0.590. The van der Waals surface area contributed by atoms with Crippen LogP contribution in [0.4, 0.5) is 5.69 Å². The van der Waals surface area contributed by atoms with Gasteiger partial charge in [0, 0.05) is 11.7 Å². The fourth-order valence-corrected chi connectivity index (χ4v) is 2.04. The van der Waals surface area contributed by atoms with Gasteiger partial charge in [0.05, 0.1) is 17.1 Å². The molecular weight excluding hydrogens is 272 g/mol. The summed E-state index contributed by atoms with van der Waals surface area (Å²) in [4.78, 5) is 10.9. The zero-order valence-electron chi connectivity index (χ0n) is 10.3. The van der Waals surface area contributed by atoms with Crippen LogP contribution < -0.4 is 10.5 Å². The summed E-state index contributed by atoms with van der Waals surface area (Å²) in [7, 11) is -3.96. The smallest absolute Gasteiger partial charge is 0.337 e. The van der Waals surface area contributed by atoms with E-state index >= 15 is 0 Å². The van der Waals surface area contributed by atoms with Crippen LogP contribution in [0.25, 0.3) is 0 Å². The van der Waals surface area contributed by atoms with Gasteiger partial charge in [0.1, 0.15) is 0 Å². The van der Waals surface area contributed by atoms with Gasteiger partial charge in [0.25, 0.3) is 0 Å². The summed E-state index contributed by atoms with van der Waals surface area (Å²) in [6, 6.07) is 3.22. The molecule has 0 aliphatic carbocycles. The summed E-state index contributed by atoms with van der Waals surface area (Å²) in [6.45, 7) is 1.67. The molecule has 106 valence electrons. The van der Waals surface area contributed by atoms with Crippen LogP contribution in [0, 0.1) is 0 Å². The van der Waals surface area contributed by atoms with E-state index in [9.17, 15) is 13.2 Å². The third-order valence-electron chi connectivity index (χ3n) is 2.62. The van der Waals surface area contributed by atoms with Crippen LogP contribution in [0.1, 0.15) is 23.7 Å². The Hall–Kier alpha value is -1.64. The Bertz CT molecular complexity index is 566. The Kier molecular flexibility index (Phi) is 4.87. The number of anilines is 1. The molecule has 0 amide bonds. The van der Waals surface area contributed by atoms with Crippen molar-refractivity contribution < 1.29 is 23.4 Å². The zero-order chi connectivity index (χ0) is 14.6. The molecule has 19 heavy (non-hydrogen) atoms. The van der Waals surface area contributed by atoms with Crippen molar-refractivity contribution in [2.75, 3.05) is 11.9 Å². The van der Waals surface area contributed by atoms with Crippen molar-refractivity contribution in [3.8, 4) is 0 Å². The molecule has 1 atom stereocenters. The Morgan fingerprint density at radius 2 is 2.11 bits per heavy atom. The third-order valence-corrected chi connectivity index (χ3v) is 3.53.